The zero-order chi connectivity index (χ0) is 13.5. The number of anilines is 1. The molecule has 1 aromatic heterocycles. The molecule has 1 unspecified atom stereocenters. The summed E-state index contributed by atoms with van der Waals surface area (Å²) in [5.74, 6) is 0. The second-order valence-electron chi connectivity index (χ2n) is 5.23. The molecule has 0 radical (unpaired) electrons. The van der Waals surface area contributed by atoms with E-state index in [-0.39, 0.29) is 6.10 Å². The number of aromatic nitrogens is 1. The molecule has 1 aliphatic rings. The minimum absolute atomic E-state index is 0.0466. The first kappa shape index (κ1) is 11.6. The van der Waals surface area contributed by atoms with Gasteiger partial charge in [0.2, 0.25) is 0 Å². The van der Waals surface area contributed by atoms with Crippen LogP contribution in [0.25, 0.3) is 10.9 Å². The van der Waals surface area contributed by atoms with Gasteiger partial charge in [-0.1, -0.05) is 30.3 Å². The minimum atomic E-state index is -0.0466. The van der Waals surface area contributed by atoms with Crippen molar-refractivity contribution in [1.29, 1.82) is 0 Å². The van der Waals surface area contributed by atoms with Gasteiger partial charge in [0.1, 0.15) is 6.10 Å². The van der Waals surface area contributed by atoms with E-state index in [0.29, 0.717) is 0 Å². The van der Waals surface area contributed by atoms with Crippen molar-refractivity contribution in [3.8, 4) is 0 Å². The Bertz CT molecular complexity index is 776. The number of benzene rings is 2. The molecular weight excluding hydrogens is 248 g/mol. The Morgan fingerprint density at radius 1 is 1.10 bits per heavy atom. The van der Waals surface area contributed by atoms with E-state index in [9.17, 15) is 0 Å². The SMILES string of the molecule is Nc1cccc(C2OCCc3c2[nH]c2ccccc32)c1. The molecule has 3 aromatic rings. The van der Waals surface area contributed by atoms with Crippen molar-refractivity contribution in [2.24, 2.45) is 0 Å². The van der Waals surface area contributed by atoms with E-state index in [2.05, 4.69) is 35.3 Å². The predicted octanol–water partition coefficient (Wildman–Crippen LogP) is 3.41. The van der Waals surface area contributed by atoms with Crippen molar-refractivity contribution in [2.75, 3.05) is 12.3 Å². The molecule has 0 fully saturated rings. The van der Waals surface area contributed by atoms with E-state index in [4.69, 9.17) is 10.5 Å². The van der Waals surface area contributed by atoms with Crippen molar-refractivity contribution in [3.63, 3.8) is 0 Å². The van der Waals surface area contributed by atoms with E-state index in [1.165, 1.54) is 22.2 Å². The first-order valence-electron chi connectivity index (χ1n) is 6.89. The zero-order valence-corrected chi connectivity index (χ0v) is 11.1. The Kier molecular flexibility index (Phi) is 2.54. The highest BCUT2D eigenvalue weighted by Gasteiger charge is 2.26. The molecule has 0 amide bonds. The van der Waals surface area contributed by atoms with Crippen molar-refractivity contribution in [2.45, 2.75) is 12.5 Å². The summed E-state index contributed by atoms with van der Waals surface area (Å²) >= 11 is 0. The Morgan fingerprint density at radius 3 is 2.90 bits per heavy atom. The molecule has 1 atom stereocenters. The fourth-order valence-electron chi connectivity index (χ4n) is 3.06. The maximum Gasteiger partial charge on any atom is 0.123 e. The molecule has 0 spiro atoms. The highest BCUT2D eigenvalue weighted by Crippen LogP contribution is 2.36. The lowest BCUT2D eigenvalue weighted by Crippen LogP contribution is -2.17. The molecule has 0 saturated carbocycles. The van der Waals surface area contributed by atoms with Crippen molar-refractivity contribution in [3.05, 3.63) is 65.4 Å². The van der Waals surface area contributed by atoms with Crippen molar-refractivity contribution < 1.29 is 4.74 Å². The third-order valence-electron chi connectivity index (χ3n) is 3.96. The number of H-pyrrole nitrogens is 1. The number of ether oxygens (including phenoxy) is 1. The number of hydrogen-bond donors (Lipinski definition) is 2. The number of nitrogens with two attached hydrogens (primary N) is 1. The van der Waals surface area contributed by atoms with E-state index >= 15 is 0 Å². The first-order valence-corrected chi connectivity index (χ1v) is 6.89. The topological polar surface area (TPSA) is 51.0 Å². The molecule has 1 aliphatic heterocycles. The number of hydrogen-bond acceptors (Lipinski definition) is 2. The summed E-state index contributed by atoms with van der Waals surface area (Å²) in [5, 5.41) is 1.31. The second kappa shape index (κ2) is 4.39. The quantitative estimate of drug-likeness (QED) is 0.662. The van der Waals surface area contributed by atoms with Crippen LogP contribution < -0.4 is 5.73 Å². The summed E-state index contributed by atoms with van der Waals surface area (Å²) < 4.78 is 5.99. The largest absolute Gasteiger partial charge is 0.399 e. The number of rotatable bonds is 1. The molecule has 100 valence electrons. The van der Waals surface area contributed by atoms with Crippen LogP contribution in [0.15, 0.2) is 48.5 Å². The van der Waals surface area contributed by atoms with Crippen molar-refractivity contribution >= 4 is 16.6 Å². The molecule has 4 rings (SSSR count). The van der Waals surface area contributed by atoms with E-state index in [1.54, 1.807) is 0 Å². The van der Waals surface area contributed by atoms with Gasteiger partial charge in [-0.3, -0.25) is 0 Å². The third-order valence-corrected chi connectivity index (χ3v) is 3.96. The van der Waals surface area contributed by atoms with Gasteiger partial charge in [-0.2, -0.15) is 0 Å². The molecule has 0 aliphatic carbocycles. The molecule has 20 heavy (non-hydrogen) atoms. The summed E-state index contributed by atoms with van der Waals surface area (Å²) in [6, 6.07) is 16.4. The molecule has 3 nitrogen and oxygen atoms in total. The molecule has 3 heteroatoms. The van der Waals surface area contributed by atoms with Gasteiger partial charge in [0.15, 0.2) is 0 Å². The first-order chi connectivity index (χ1) is 9.83. The fourth-order valence-corrected chi connectivity index (χ4v) is 3.06. The van der Waals surface area contributed by atoms with Crippen LogP contribution in [-0.4, -0.2) is 11.6 Å². The fraction of sp³-hybridized carbons (Fsp3) is 0.176. The van der Waals surface area contributed by atoms with Gasteiger partial charge in [-0.05, 0) is 35.7 Å². The van der Waals surface area contributed by atoms with Gasteiger partial charge in [-0.15, -0.1) is 0 Å². The van der Waals surface area contributed by atoms with E-state index in [0.717, 1.165) is 24.3 Å². The predicted molar refractivity (Wildman–Crippen MR) is 80.7 cm³/mol. The Balaban J connectivity index is 1.90. The number of aromatic amines is 1. The molecular formula is C17H16N2O. The maximum atomic E-state index is 5.99. The minimum Gasteiger partial charge on any atom is -0.399 e. The molecule has 3 N–H and O–H groups in total. The highest BCUT2D eigenvalue weighted by molar-refractivity contribution is 5.85. The normalized spacial score (nSPS) is 18.1. The van der Waals surface area contributed by atoms with E-state index in [1.807, 2.05) is 18.2 Å². The van der Waals surface area contributed by atoms with Gasteiger partial charge in [0.05, 0.1) is 12.3 Å². The Hall–Kier alpha value is -2.26. The summed E-state index contributed by atoms with van der Waals surface area (Å²) in [7, 11) is 0. The van der Waals surface area contributed by atoms with Crippen LogP contribution in [0.3, 0.4) is 0 Å². The molecule has 0 bridgehead atoms. The van der Waals surface area contributed by atoms with Crippen LogP contribution in [0.2, 0.25) is 0 Å². The summed E-state index contributed by atoms with van der Waals surface area (Å²) in [6.45, 7) is 0.744. The Morgan fingerprint density at radius 2 is 2.00 bits per heavy atom. The summed E-state index contributed by atoms with van der Waals surface area (Å²) in [5.41, 5.74) is 11.5. The highest BCUT2D eigenvalue weighted by atomic mass is 16.5. The van der Waals surface area contributed by atoms with Gasteiger partial charge >= 0.3 is 0 Å². The average molecular weight is 264 g/mol. The van der Waals surface area contributed by atoms with Crippen LogP contribution in [-0.2, 0) is 11.2 Å². The monoisotopic (exact) mass is 264 g/mol. The van der Waals surface area contributed by atoms with Crippen LogP contribution in [0, 0.1) is 0 Å². The zero-order valence-electron chi connectivity index (χ0n) is 11.1. The van der Waals surface area contributed by atoms with Gasteiger partial charge in [0, 0.05) is 16.6 Å². The van der Waals surface area contributed by atoms with Crippen LogP contribution in [0.4, 0.5) is 5.69 Å². The molecule has 2 heterocycles. The second-order valence-corrected chi connectivity index (χ2v) is 5.23. The number of nitrogens with one attached hydrogen (secondary N) is 1. The smallest absolute Gasteiger partial charge is 0.123 e. The number of fused-ring (bicyclic) bond motifs is 3. The lowest BCUT2D eigenvalue weighted by molar-refractivity contribution is 0.0677. The Labute approximate surface area is 117 Å². The van der Waals surface area contributed by atoms with Crippen LogP contribution >= 0.6 is 0 Å². The summed E-state index contributed by atoms with van der Waals surface area (Å²) in [6.07, 6.45) is 0.910. The van der Waals surface area contributed by atoms with E-state index < -0.39 is 0 Å². The molecule has 2 aromatic carbocycles. The summed E-state index contributed by atoms with van der Waals surface area (Å²) in [4.78, 5) is 3.52. The van der Waals surface area contributed by atoms with Crippen LogP contribution in [0.1, 0.15) is 22.9 Å². The maximum absolute atomic E-state index is 5.99. The van der Waals surface area contributed by atoms with Gasteiger partial charge in [-0.25, -0.2) is 0 Å². The lowest BCUT2D eigenvalue weighted by atomic mass is 9.97. The van der Waals surface area contributed by atoms with Crippen LogP contribution in [0.5, 0.6) is 0 Å². The van der Waals surface area contributed by atoms with Crippen molar-refractivity contribution in [1.82, 2.24) is 4.98 Å². The third kappa shape index (κ3) is 1.71. The number of nitrogen functional groups attached to an aromatic ring is 1. The molecule has 0 saturated heterocycles. The standard InChI is InChI=1S/C17H16N2O/c18-12-5-3-4-11(10-12)17-16-14(8-9-20-17)13-6-1-2-7-15(13)19-16/h1-7,10,17,19H,8-9,18H2. The van der Waals surface area contributed by atoms with Gasteiger partial charge in [0.25, 0.3) is 0 Å². The average Bonchev–Trinajstić information content (AvgIpc) is 2.86. The van der Waals surface area contributed by atoms with Gasteiger partial charge < -0.3 is 15.5 Å². The number of para-hydroxylation sites is 1. The lowest BCUT2D eigenvalue weighted by Gasteiger charge is -2.24.